The third kappa shape index (κ3) is 3.83. The molecule has 1 rings (SSSR count). The smallest absolute Gasteiger partial charge is 0.138 e. The van der Waals surface area contributed by atoms with E-state index in [1.54, 1.807) is 6.33 Å². The van der Waals surface area contributed by atoms with E-state index in [9.17, 15) is 0 Å². The maximum absolute atomic E-state index is 4.48. The van der Waals surface area contributed by atoms with Crippen molar-refractivity contribution in [1.82, 2.24) is 25.0 Å². The van der Waals surface area contributed by atoms with Crippen LogP contribution >= 0.6 is 0 Å². The Labute approximate surface area is 130 Å². The fraction of sp³-hybridized carbons (Fsp3) is 0.875. The lowest BCUT2D eigenvalue weighted by molar-refractivity contribution is 0.0717. The van der Waals surface area contributed by atoms with Crippen molar-refractivity contribution in [2.75, 3.05) is 20.1 Å². The van der Waals surface area contributed by atoms with Gasteiger partial charge in [0.05, 0.1) is 0 Å². The molecule has 21 heavy (non-hydrogen) atoms. The van der Waals surface area contributed by atoms with Gasteiger partial charge in [-0.25, -0.2) is 9.67 Å². The highest BCUT2D eigenvalue weighted by Gasteiger charge is 2.37. The van der Waals surface area contributed by atoms with Gasteiger partial charge in [-0.1, -0.05) is 20.8 Å². The minimum atomic E-state index is 0.117. The number of likely N-dealkylation sites (N-methyl/N-ethyl adjacent to an activating group) is 2. The minimum absolute atomic E-state index is 0.117. The maximum atomic E-state index is 4.48. The van der Waals surface area contributed by atoms with E-state index in [2.05, 4.69) is 68.9 Å². The zero-order chi connectivity index (χ0) is 16.0. The van der Waals surface area contributed by atoms with Crippen molar-refractivity contribution in [1.29, 1.82) is 0 Å². The molecule has 0 aliphatic rings. The van der Waals surface area contributed by atoms with Gasteiger partial charge < -0.3 is 5.32 Å². The SMILES string of the molecule is CCN(CC)C(C)(CC)C(Cc1ncnn1C(C)C)NC. The molecule has 0 aromatic carbocycles. The van der Waals surface area contributed by atoms with Crippen molar-refractivity contribution in [3.05, 3.63) is 12.2 Å². The Hall–Kier alpha value is -0.940. The number of nitrogens with one attached hydrogen (secondary N) is 1. The highest BCUT2D eigenvalue weighted by molar-refractivity contribution is 5.02. The van der Waals surface area contributed by atoms with Crippen LogP contribution in [-0.4, -0.2) is 51.4 Å². The van der Waals surface area contributed by atoms with Crippen LogP contribution in [0.1, 0.15) is 59.8 Å². The first-order valence-corrected chi connectivity index (χ1v) is 8.25. The molecule has 5 heteroatoms. The average Bonchev–Trinajstić information content (AvgIpc) is 2.94. The standard InChI is InChI=1S/C16H33N5/c1-8-16(6,20(9-2)10-3)14(17-7)11-15-18-12-19-21(15)13(4)5/h12-14,17H,8-11H2,1-7H3. The van der Waals surface area contributed by atoms with Crippen LogP contribution in [0.15, 0.2) is 6.33 Å². The Balaban J connectivity index is 3.02. The van der Waals surface area contributed by atoms with Gasteiger partial charge >= 0.3 is 0 Å². The van der Waals surface area contributed by atoms with E-state index < -0.39 is 0 Å². The number of rotatable bonds is 9. The number of nitrogens with zero attached hydrogens (tertiary/aromatic N) is 4. The summed E-state index contributed by atoms with van der Waals surface area (Å²) in [5.41, 5.74) is 0.117. The lowest BCUT2D eigenvalue weighted by Gasteiger charge is -2.45. The molecule has 0 fully saturated rings. The second-order valence-corrected chi connectivity index (χ2v) is 6.14. The minimum Gasteiger partial charge on any atom is -0.315 e. The molecule has 122 valence electrons. The van der Waals surface area contributed by atoms with Crippen molar-refractivity contribution in [2.24, 2.45) is 0 Å². The fourth-order valence-electron chi connectivity index (χ4n) is 3.30. The van der Waals surface area contributed by atoms with Crippen LogP contribution in [0.25, 0.3) is 0 Å². The van der Waals surface area contributed by atoms with Gasteiger partial charge in [0.2, 0.25) is 0 Å². The number of aromatic nitrogens is 3. The van der Waals surface area contributed by atoms with E-state index in [1.807, 2.05) is 4.68 Å². The van der Waals surface area contributed by atoms with E-state index in [0.717, 1.165) is 31.8 Å². The van der Waals surface area contributed by atoms with Gasteiger partial charge in [-0.05, 0) is 47.3 Å². The predicted octanol–water partition coefficient (Wildman–Crippen LogP) is 2.50. The Bertz CT molecular complexity index is 411. The molecule has 0 aliphatic carbocycles. The third-order valence-electron chi connectivity index (χ3n) is 4.82. The zero-order valence-corrected chi connectivity index (χ0v) is 14.8. The van der Waals surface area contributed by atoms with Crippen molar-refractivity contribution in [3.8, 4) is 0 Å². The lowest BCUT2D eigenvalue weighted by Crippen LogP contribution is -2.59. The van der Waals surface area contributed by atoms with Gasteiger partial charge in [0.15, 0.2) is 0 Å². The Kier molecular flexibility index (Phi) is 6.81. The van der Waals surface area contributed by atoms with Crippen LogP contribution in [0.4, 0.5) is 0 Å². The molecule has 1 N–H and O–H groups in total. The number of hydrogen-bond acceptors (Lipinski definition) is 4. The molecular weight excluding hydrogens is 262 g/mol. The molecule has 0 amide bonds. The monoisotopic (exact) mass is 295 g/mol. The van der Waals surface area contributed by atoms with Crippen LogP contribution in [0.3, 0.4) is 0 Å². The summed E-state index contributed by atoms with van der Waals surface area (Å²) in [6.45, 7) is 15.5. The Morgan fingerprint density at radius 1 is 1.29 bits per heavy atom. The summed E-state index contributed by atoms with van der Waals surface area (Å²) < 4.78 is 2.03. The summed E-state index contributed by atoms with van der Waals surface area (Å²) in [5, 5.41) is 7.88. The number of hydrogen-bond donors (Lipinski definition) is 1. The van der Waals surface area contributed by atoms with Crippen molar-refractivity contribution in [3.63, 3.8) is 0 Å². The highest BCUT2D eigenvalue weighted by Crippen LogP contribution is 2.26. The molecular formula is C16H33N5. The topological polar surface area (TPSA) is 46.0 Å². The highest BCUT2D eigenvalue weighted by atomic mass is 15.3. The molecule has 1 aromatic heterocycles. The third-order valence-corrected chi connectivity index (χ3v) is 4.82. The van der Waals surface area contributed by atoms with Crippen LogP contribution in [0.2, 0.25) is 0 Å². The summed E-state index contributed by atoms with van der Waals surface area (Å²) in [5.74, 6) is 1.07. The van der Waals surface area contributed by atoms with Gasteiger partial charge in [0.1, 0.15) is 12.2 Å². The molecule has 0 saturated heterocycles. The predicted molar refractivity (Wildman–Crippen MR) is 88.6 cm³/mol. The van der Waals surface area contributed by atoms with E-state index in [-0.39, 0.29) is 5.54 Å². The lowest BCUT2D eigenvalue weighted by atomic mass is 9.85. The quantitative estimate of drug-likeness (QED) is 0.760. The first kappa shape index (κ1) is 18.1. The van der Waals surface area contributed by atoms with Gasteiger partial charge in [-0.3, -0.25) is 4.90 Å². The molecule has 1 heterocycles. The van der Waals surface area contributed by atoms with Crippen LogP contribution in [0.5, 0.6) is 0 Å². The summed E-state index contributed by atoms with van der Waals surface area (Å²) in [4.78, 5) is 7.02. The van der Waals surface area contributed by atoms with Crippen molar-refractivity contribution < 1.29 is 0 Å². The molecule has 5 nitrogen and oxygen atoms in total. The summed E-state index contributed by atoms with van der Waals surface area (Å²) in [6.07, 6.45) is 3.67. The fourth-order valence-corrected chi connectivity index (χ4v) is 3.30. The first-order valence-electron chi connectivity index (χ1n) is 8.25. The molecule has 0 radical (unpaired) electrons. The summed E-state index contributed by atoms with van der Waals surface area (Å²) >= 11 is 0. The molecule has 0 bridgehead atoms. The normalized spacial score (nSPS) is 16.4. The molecule has 2 unspecified atom stereocenters. The Morgan fingerprint density at radius 2 is 1.90 bits per heavy atom. The van der Waals surface area contributed by atoms with Gasteiger partial charge in [0, 0.05) is 24.0 Å². The average molecular weight is 295 g/mol. The van der Waals surface area contributed by atoms with Crippen LogP contribution < -0.4 is 5.32 Å². The molecule has 1 aromatic rings. The molecule has 0 spiro atoms. The first-order chi connectivity index (χ1) is 9.94. The second kappa shape index (κ2) is 7.90. The van der Waals surface area contributed by atoms with Gasteiger partial charge in [-0.15, -0.1) is 0 Å². The second-order valence-electron chi connectivity index (χ2n) is 6.14. The summed E-state index contributed by atoms with van der Waals surface area (Å²) in [6, 6.07) is 0.699. The van der Waals surface area contributed by atoms with Crippen LogP contribution in [0, 0.1) is 0 Å². The zero-order valence-electron chi connectivity index (χ0n) is 14.8. The van der Waals surface area contributed by atoms with Crippen molar-refractivity contribution >= 4 is 0 Å². The van der Waals surface area contributed by atoms with Crippen molar-refractivity contribution in [2.45, 2.75) is 72.0 Å². The molecule has 0 aliphatic heterocycles. The van der Waals surface area contributed by atoms with E-state index in [4.69, 9.17) is 0 Å². The summed E-state index contributed by atoms with van der Waals surface area (Å²) in [7, 11) is 2.05. The molecule has 2 atom stereocenters. The largest absolute Gasteiger partial charge is 0.315 e. The maximum Gasteiger partial charge on any atom is 0.138 e. The van der Waals surface area contributed by atoms with E-state index >= 15 is 0 Å². The van der Waals surface area contributed by atoms with E-state index in [1.165, 1.54) is 0 Å². The van der Waals surface area contributed by atoms with Crippen LogP contribution in [-0.2, 0) is 6.42 Å². The van der Waals surface area contributed by atoms with Gasteiger partial charge in [0.25, 0.3) is 0 Å². The van der Waals surface area contributed by atoms with E-state index in [0.29, 0.717) is 12.1 Å². The van der Waals surface area contributed by atoms with Gasteiger partial charge in [-0.2, -0.15) is 5.10 Å². The molecule has 0 saturated carbocycles. The Morgan fingerprint density at radius 3 is 2.33 bits per heavy atom.